The van der Waals surface area contributed by atoms with Crippen LogP contribution in [0.1, 0.15) is 43.5 Å². The highest BCUT2D eigenvalue weighted by molar-refractivity contribution is 7.98. The van der Waals surface area contributed by atoms with Gasteiger partial charge in [0.2, 0.25) is 5.91 Å². The quantitative estimate of drug-likeness (QED) is 0.0348. The van der Waals surface area contributed by atoms with Crippen molar-refractivity contribution in [3.63, 3.8) is 0 Å². The number of pyridine rings is 1. The highest BCUT2D eigenvalue weighted by Gasteiger charge is 2.34. The lowest BCUT2D eigenvalue weighted by atomic mass is 9.97. The third kappa shape index (κ3) is 13.0. The number of halogens is 4. The molecule has 56 heavy (non-hydrogen) atoms. The molecule has 20 heteroatoms. The van der Waals surface area contributed by atoms with Crippen molar-refractivity contribution in [1.29, 1.82) is 10.5 Å². The van der Waals surface area contributed by atoms with Gasteiger partial charge in [0.1, 0.15) is 52.0 Å². The fraction of sp³-hybridized carbons (Fsp3) is 0.306. The number of carboxylic acids is 1. The van der Waals surface area contributed by atoms with Gasteiger partial charge in [-0.25, -0.2) is 14.8 Å². The Bertz CT molecular complexity index is 2040. The molecule has 2 aromatic heterocycles. The summed E-state index contributed by atoms with van der Waals surface area (Å²) >= 11 is 8.79. The molecule has 0 unspecified atom stereocenters. The van der Waals surface area contributed by atoms with E-state index in [1.165, 1.54) is 28.0 Å². The molecule has 2 aromatic carbocycles. The summed E-state index contributed by atoms with van der Waals surface area (Å²) in [6, 6.07) is 16.2. The van der Waals surface area contributed by atoms with Gasteiger partial charge in [0, 0.05) is 33.8 Å². The Labute approximate surface area is 356 Å². The smallest absolute Gasteiger partial charge is 0.326 e. The molecule has 1 amide bonds. The second-order valence-electron chi connectivity index (χ2n) is 12.1. The van der Waals surface area contributed by atoms with Crippen LogP contribution in [0.2, 0.25) is 5.02 Å². The van der Waals surface area contributed by atoms with Gasteiger partial charge in [-0.15, -0.1) is 48.6 Å². The van der Waals surface area contributed by atoms with Crippen LogP contribution >= 0.6 is 71.9 Å². The number of ether oxygens (including phenoxy) is 1. The van der Waals surface area contributed by atoms with Gasteiger partial charge in [-0.1, -0.05) is 61.5 Å². The maximum Gasteiger partial charge on any atom is 0.326 e. The number of thiazole rings is 1. The zero-order valence-corrected chi connectivity index (χ0v) is 35.1. The number of nitrogens with two attached hydrogens (primary N) is 4. The van der Waals surface area contributed by atoms with E-state index in [4.69, 9.17) is 44.3 Å². The zero-order valence-electron chi connectivity index (χ0n) is 30.3. The summed E-state index contributed by atoms with van der Waals surface area (Å²) in [5, 5.41) is 34.0. The number of nitrogens with zero attached hydrogens (tertiary/aromatic N) is 6. The summed E-state index contributed by atoms with van der Waals surface area (Å²) in [5.74, 6) is -1.35. The van der Waals surface area contributed by atoms with E-state index in [2.05, 4.69) is 22.1 Å². The average molecular weight is 885 g/mol. The summed E-state index contributed by atoms with van der Waals surface area (Å²) in [6.45, 7) is 3.62. The molecule has 14 nitrogen and oxygen atoms in total. The van der Waals surface area contributed by atoms with E-state index >= 15 is 0 Å². The summed E-state index contributed by atoms with van der Waals surface area (Å²) in [7, 11) is 0. The molecular formula is C36H42Cl4N10O4S2. The lowest BCUT2D eigenvalue weighted by Crippen LogP contribution is -2.54. The minimum Gasteiger partial charge on any atom is -0.492 e. The number of carbonyl (C=O) groups is 2. The molecule has 2 atom stereocenters. The first-order valence-corrected chi connectivity index (χ1v) is 18.6. The third-order valence-electron chi connectivity index (χ3n) is 7.95. The van der Waals surface area contributed by atoms with Crippen LogP contribution in [0.5, 0.6) is 5.75 Å². The Kier molecular flexibility index (Phi) is 20.8. The topological polar surface area (TPSA) is 257 Å². The largest absolute Gasteiger partial charge is 0.492 e. The molecule has 0 bridgehead atoms. The van der Waals surface area contributed by atoms with Gasteiger partial charge >= 0.3 is 5.97 Å². The van der Waals surface area contributed by atoms with Gasteiger partial charge in [0.25, 0.3) is 0 Å². The third-order valence-corrected chi connectivity index (χ3v) is 10.1. The molecule has 0 saturated carbocycles. The molecule has 0 saturated heterocycles. The minimum absolute atomic E-state index is 0. The maximum atomic E-state index is 13.4. The van der Waals surface area contributed by atoms with E-state index in [1.54, 1.807) is 50.2 Å². The highest BCUT2D eigenvalue weighted by Crippen LogP contribution is 2.37. The number of thioether (sulfide) groups is 1. The Hall–Kier alpha value is -4.52. The highest BCUT2D eigenvalue weighted by atomic mass is 35.5. The maximum absolute atomic E-state index is 13.4. The molecule has 0 radical (unpaired) electrons. The molecule has 2 heterocycles. The normalized spacial score (nSPS) is 11.3. The molecule has 4 rings (SSSR count). The first kappa shape index (κ1) is 49.5. The number of benzene rings is 2. The van der Waals surface area contributed by atoms with Crippen LogP contribution in [-0.2, 0) is 15.3 Å². The lowest BCUT2D eigenvalue weighted by Gasteiger charge is -2.33. The van der Waals surface area contributed by atoms with E-state index < -0.39 is 29.9 Å². The average Bonchev–Trinajstić information content (AvgIpc) is 3.60. The summed E-state index contributed by atoms with van der Waals surface area (Å²) in [6.07, 6.45) is 0.688. The van der Waals surface area contributed by atoms with Gasteiger partial charge in [0.05, 0.1) is 23.8 Å². The van der Waals surface area contributed by atoms with Gasteiger partial charge in [-0.2, -0.15) is 10.5 Å². The van der Waals surface area contributed by atoms with Gasteiger partial charge in [-0.3, -0.25) is 9.79 Å². The van der Waals surface area contributed by atoms with Crippen LogP contribution in [0.3, 0.4) is 0 Å². The lowest BCUT2D eigenvalue weighted by molar-refractivity contribution is -0.153. The number of hydrogen-bond donors (Lipinski definition) is 5. The Morgan fingerprint density at radius 3 is 2.21 bits per heavy atom. The number of guanidine groups is 1. The predicted octanol–water partition coefficient (Wildman–Crippen LogP) is 6.11. The first-order valence-electron chi connectivity index (χ1n) is 16.4. The number of rotatable bonds is 17. The van der Waals surface area contributed by atoms with E-state index in [-0.39, 0.29) is 86.2 Å². The Balaban J connectivity index is 0.00000523. The fourth-order valence-corrected chi connectivity index (χ4v) is 7.38. The second-order valence-corrected chi connectivity index (χ2v) is 14.3. The molecule has 300 valence electrons. The van der Waals surface area contributed by atoms with Gasteiger partial charge in [0.15, 0.2) is 5.96 Å². The monoisotopic (exact) mass is 882 g/mol. The van der Waals surface area contributed by atoms with E-state index in [9.17, 15) is 25.2 Å². The molecule has 9 N–H and O–H groups in total. The summed E-state index contributed by atoms with van der Waals surface area (Å²) < 4.78 is 5.92. The number of aromatic nitrogens is 2. The van der Waals surface area contributed by atoms with Crippen molar-refractivity contribution in [2.24, 2.45) is 28.1 Å². The summed E-state index contributed by atoms with van der Waals surface area (Å²) in [5.41, 5.74) is 26.0. The molecule has 0 aliphatic carbocycles. The first-order chi connectivity index (χ1) is 25.3. The number of aliphatic carboxylic acids is 1. The number of aliphatic imine (C=N–C) groups is 1. The standard InChI is InChI=1S/C36H39ClN10O4S2.3ClH/c1-20(2)30(35(49)50)47(34(48)28(40)4-3-13-44-36(42)43)14-15-51-25-11-7-21(8-12-25)29-26(16-38)31(41)46-33(27(29)17-39)53-19-24-18-52-32(45-24)22-5-9-23(37)10-6-22;;;/h5-12,18,20,28,30H,3-4,13-15,19,40H2,1-2H3,(H2,41,46)(H,49,50)(H4,42,43,44);3*1H/t28-,30+;;;/m0.../s1. The number of amides is 1. The molecule has 0 spiro atoms. The van der Waals surface area contributed by atoms with Crippen LogP contribution in [0.15, 0.2) is 63.9 Å². The van der Waals surface area contributed by atoms with Crippen LogP contribution in [-0.4, -0.2) is 69.6 Å². The Morgan fingerprint density at radius 1 is 1.02 bits per heavy atom. The van der Waals surface area contributed by atoms with E-state index in [0.29, 0.717) is 39.1 Å². The van der Waals surface area contributed by atoms with Crippen molar-refractivity contribution in [1.82, 2.24) is 14.9 Å². The van der Waals surface area contributed by atoms with E-state index in [0.717, 1.165) is 16.3 Å². The molecule has 0 aliphatic rings. The number of hydrogen-bond acceptors (Lipinski definition) is 12. The van der Waals surface area contributed by atoms with E-state index in [1.807, 2.05) is 17.5 Å². The van der Waals surface area contributed by atoms with Gasteiger partial charge in [-0.05, 0) is 48.6 Å². The molecule has 0 fully saturated rings. The van der Waals surface area contributed by atoms with Crippen LogP contribution in [0.25, 0.3) is 21.7 Å². The number of carboxylic acid groups (broad SMARTS) is 1. The number of nitriles is 2. The SMILES string of the molecule is CC(C)[C@H](C(=O)O)N(CCOc1ccc(-c2c(C#N)c(N)nc(SCc3csc(-c4ccc(Cl)cc4)n3)c2C#N)cc1)C(=O)[C@@H](N)CCCN=C(N)N.Cl.Cl.Cl. The van der Waals surface area contributed by atoms with Crippen molar-refractivity contribution in [3.05, 3.63) is 75.8 Å². The zero-order chi connectivity index (χ0) is 38.7. The van der Waals surface area contributed by atoms with Crippen molar-refractivity contribution < 1.29 is 19.4 Å². The number of nitrogen functional groups attached to an aromatic ring is 1. The van der Waals surface area contributed by atoms with Crippen LogP contribution in [0.4, 0.5) is 5.82 Å². The van der Waals surface area contributed by atoms with Crippen LogP contribution in [0, 0.1) is 28.6 Å². The predicted molar refractivity (Wildman–Crippen MR) is 229 cm³/mol. The molecular weight excluding hydrogens is 842 g/mol. The van der Waals surface area contributed by atoms with Crippen molar-refractivity contribution in [3.8, 4) is 39.6 Å². The van der Waals surface area contributed by atoms with Crippen molar-refractivity contribution in [2.75, 3.05) is 25.4 Å². The Morgan fingerprint density at radius 2 is 1.64 bits per heavy atom. The van der Waals surface area contributed by atoms with Crippen molar-refractivity contribution >= 4 is 95.6 Å². The van der Waals surface area contributed by atoms with Crippen LogP contribution < -0.4 is 27.7 Å². The van der Waals surface area contributed by atoms with Gasteiger partial charge < -0.3 is 37.7 Å². The number of anilines is 1. The second kappa shape index (κ2) is 23.5. The van der Waals surface area contributed by atoms with Crippen molar-refractivity contribution in [2.45, 2.75) is 49.6 Å². The fourth-order valence-electron chi connectivity index (χ4n) is 5.43. The minimum atomic E-state index is -1.16. The molecule has 4 aromatic rings. The summed E-state index contributed by atoms with van der Waals surface area (Å²) in [4.78, 5) is 39.8. The number of carbonyl (C=O) groups excluding carboxylic acids is 1. The molecule has 0 aliphatic heterocycles.